The number of nitrogens with zero attached hydrogens (tertiary/aromatic N) is 1. The van der Waals surface area contributed by atoms with Crippen LogP contribution in [0.25, 0.3) is 0 Å². The van der Waals surface area contributed by atoms with Crippen LogP contribution in [-0.4, -0.2) is 35.7 Å². The summed E-state index contributed by atoms with van der Waals surface area (Å²) in [6.45, 7) is 2.71. The minimum atomic E-state index is -0.739. The summed E-state index contributed by atoms with van der Waals surface area (Å²) in [7, 11) is 0. The maximum atomic E-state index is 12.0. The number of hydrogen-bond donors (Lipinski definition) is 1. The van der Waals surface area contributed by atoms with Gasteiger partial charge in [0.1, 0.15) is 5.78 Å². The Bertz CT molecular complexity index is 766. The lowest BCUT2D eigenvalue weighted by Crippen LogP contribution is -2.28. The molecule has 0 spiro atoms. The molecular formula is C18H21ClN2O6. The average Bonchev–Trinajstić information content (AvgIpc) is 2.83. The summed E-state index contributed by atoms with van der Waals surface area (Å²) in [6.07, 6.45) is -0.0452. The van der Waals surface area contributed by atoms with Crippen LogP contribution in [-0.2, 0) is 19.1 Å². The molecule has 27 heavy (non-hydrogen) atoms. The number of carbonyl (C=O) groups excluding carboxylic acids is 3. The van der Waals surface area contributed by atoms with Gasteiger partial charge in [0.05, 0.1) is 6.42 Å². The maximum absolute atomic E-state index is 12.0. The van der Waals surface area contributed by atoms with Crippen molar-refractivity contribution in [3.05, 3.63) is 38.9 Å². The molecule has 9 heteroatoms. The molecule has 1 N–H and O–H groups in total. The number of nitrogens with one attached hydrogen (secondary N) is 1. The second-order valence-electron chi connectivity index (χ2n) is 6.81. The number of benzene rings is 1. The van der Waals surface area contributed by atoms with Gasteiger partial charge in [-0.15, -0.1) is 0 Å². The lowest BCUT2D eigenvalue weighted by Gasteiger charge is -2.17. The fourth-order valence-electron chi connectivity index (χ4n) is 3.25. The second kappa shape index (κ2) is 8.94. The number of amides is 1. The van der Waals surface area contributed by atoms with Crippen LogP contribution in [0.5, 0.6) is 0 Å². The minimum Gasteiger partial charge on any atom is -0.456 e. The van der Waals surface area contributed by atoms with Gasteiger partial charge in [-0.05, 0) is 30.5 Å². The number of hydrogen-bond acceptors (Lipinski definition) is 6. The zero-order chi connectivity index (χ0) is 20.1. The second-order valence-corrected chi connectivity index (χ2v) is 7.22. The molecule has 0 aliphatic heterocycles. The standard InChI is InChI=1S/C18H21ClN2O6/c1-10-3-4-12(6-15(10)19)20-17(23)9-27-18(24)7-13-14(8-21(25)26)11(2)5-16(13)22/h3-4,6,11,13-14H,5,7-9H2,1-2H3,(H,20,23)/t11-,13+,14-/m1/s1. The number of aryl methyl sites for hydroxylation is 1. The lowest BCUT2D eigenvalue weighted by atomic mass is 9.88. The summed E-state index contributed by atoms with van der Waals surface area (Å²) >= 11 is 5.98. The third-order valence-corrected chi connectivity index (χ3v) is 5.16. The molecule has 2 rings (SSSR count). The monoisotopic (exact) mass is 396 g/mol. The topological polar surface area (TPSA) is 116 Å². The molecule has 0 aromatic heterocycles. The van der Waals surface area contributed by atoms with Crippen molar-refractivity contribution in [1.29, 1.82) is 0 Å². The molecule has 1 aliphatic rings. The van der Waals surface area contributed by atoms with Gasteiger partial charge in [0.15, 0.2) is 6.61 Å². The third-order valence-electron chi connectivity index (χ3n) is 4.75. The Labute approximate surface area is 161 Å². The molecule has 1 aromatic rings. The van der Waals surface area contributed by atoms with Crippen LogP contribution in [0.15, 0.2) is 18.2 Å². The fourth-order valence-corrected chi connectivity index (χ4v) is 3.43. The van der Waals surface area contributed by atoms with Gasteiger partial charge in [0.2, 0.25) is 6.54 Å². The van der Waals surface area contributed by atoms with Crippen LogP contribution in [0.2, 0.25) is 5.02 Å². The molecule has 8 nitrogen and oxygen atoms in total. The first-order valence-corrected chi connectivity index (χ1v) is 8.91. The predicted molar refractivity (Wildman–Crippen MR) is 98.0 cm³/mol. The first-order chi connectivity index (χ1) is 12.7. The highest BCUT2D eigenvalue weighted by atomic mass is 35.5. The molecule has 0 unspecified atom stereocenters. The highest BCUT2D eigenvalue weighted by Crippen LogP contribution is 2.36. The van der Waals surface area contributed by atoms with E-state index in [4.69, 9.17) is 16.3 Å². The SMILES string of the molecule is Cc1ccc(NC(=O)COC(=O)C[C@@H]2C(=O)C[C@@H](C)[C@H]2C[N+](=O)[O-])cc1Cl. The van der Waals surface area contributed by atoms with Gasteiger partial charge < -0.3 is 10.1 Å². The summed E-state index contributed by atoms with van der Waals surface area (Å²) in [4.78, 5) is 46.2. The van der Waals surface area contributed by atoms with Gasteiger partial charge >= 0.3 is 5.97 Å². The maximum Gasteiger partial charge on any atom is 0.307 e. The zero-order valence-electron chi connectivity index (χ0n) is 15.1. The van der Waals surface area contributed by atoms with E-state index in [0.717, 1.165) is 5.56 Å². The molecule has 1 aliphatic carbocycles. The number of ketones is 1. The van der Waals surface area contributed by atoms with E-state index >= 15 is 0 Å². The molecule has 0 bridgehead atoms. The highest BCUT2D eigenvalue weighted by Gasteiger charge is 2.44. The molecule has 3 atom stereocenters. The van der Waals surface area contributed by atoms with Crippen molar-refractivity contribution in [3.63, 3.8) is 0 Å². The number of carbonyl (C=O) groups is 3. The van der Waals surface area contributed by atoms with E-state index in [1.807, 2.05) is 6.92 Å². The summed E-state index contributed by atoms with van der Waals surface area (Å²) in [5, 5.41) is 13.8. The van der Waals surface area contributed by atoms with E-state index in [0.29, 0.717) is 10.7 Å². The summed E-state index contributed by atoms with van der Waals surface area (Å²) in [5.41, 5.74) is 1.33. The highest BCUT2D eigenvalue weighted by molar-refractivity contribution is 6.31. The number of Topliss-reactive ketones (excluding diaryl/α,β-unsaturated/α-hetero) is 1. The number of esters is 1. The van der Waals surface area contributed by atoms with Crippen molar-refractivity contribution >= 4 is 34.9 Å². The largest absolute Gasteiger partial charge is 0.456 e. The third kappa shape index (κ3) is 5.75. The number of halogens is 1. The quantitative estimate of drug-likeness (QED) is 0.430. The smallest absolute Gasteiger partial charge is 0.307 e. The molecule has 1 saturated carbocycles. The van der Waals surface area contributed by atoms with Gasteiger partial charge in [-0.25, -0.2) is 0 Å². The van der Waals surface area contributed by atoms with Gasteiger partial charge in [0.25, 0.3) is 5.91 Å². The van der Waals surface area contributed by atoms with Crippen LogP contribution < -0.4 is 5.32 Å². The van der Waals surface area contributed by atoms with Crippen LogP contribution in [0.4, 0.5) is 5.69 Å². The van der Waals surface area contributed by atoms with Crippen LogP contribution >= 0.6 is 11.6 Å². The zero-order valence-corrected chi connectivity index (χ0v) is 15.8. The van der Waals surface area contributed by atoms with E-state index in [2.05, 4.69) is 5.32 Å². The molecule has 0 saturated heterocycles. The molecule has 1 fully saturated rings. The van der Waals surface area contributed by atoms with Crippen molar-refractivity contribution in [2.75, 3.05) is 18.5 Å². The van der Waals surface area contributed by atoms with E-state index in [9.17, 15) is 24.5 Å². The molecule has 1 aromatic carbocycles. The number of anilines is 1. The van der Waals surface area contributed by atoms with Crippen molar-refractivity contribution in [2.24, 2.45) is 17.8 Å². The lowest BCUT2D eigenvalue weighted by molar-refractivity contribution is -0.490. The van der Waals surface area contributed by atoms with E-state index in [1.54, 1.807) is 25.1 Å². The number of ether oxygens (including phenoxy) is 1. The Morgan fingerprint density at radius 1 is 1.41 bits per heavy atom. The van der Waals surface area contributed by atoms with Crippen LogP contribution in [0.3, 0.4) is 0 Å². The van der Waals surface area contributed by atoms with Crippen LogP contribution in [0, 0.1) is 34.8 Å². The average molecular weight is 397 g/mol. The number of rotatable bonds is 7. The summed E-state index contributed by atoms with van der Waals surface area (Å²) in [5.74, 6) is -2.84. The van der Waals surface area contributed by atoms with Gasteiger partial charge in [0, 0.05) is 33.9 Å². The van der Waals surface area contributed by atoms with Crippen LogP contribution in [0.1, 0.15) is 25.3 Å². The Hall–Kier alpha value is -2.48. The fraction of sp³-hybridized carbons (Fsp3) is 0.500. The molecule has 146 valence electrons. The minimum absolute atomic E-state index is 0.157. The van der Waals surface area contributed by atoms with Crippen molar-refractivity contribution < 1.29 is 24.0 Å². The predicted octanol–water partition coefficient (Wildman–Crippen LogP) is 2.64. The molecule has 0 radical (unpaired) electrons. The Morgan fingerprint density at radius 3 is 2.74 bits per heavy atom. The number of nitro groups is 1. The van der Waals surface area contributed by atoms with E-state index in [-0.39, 0.29) is 31.1 Å². The molecular weight excluding hydrogens is 376 g/mol. The Morgan fingerprint density at radius 2 is 2.11 bits per heavy atom. The van der Waals surface area contributed by atoms with Gasteiger partial charge in [-0.1, -0.05) is 24.6 Å². The van der Waals surface area contributed by atoms with E-state index in [1.165, 1.54) is 0 Å². The molecule has 0 heterocycles. The Balaban J connectivity index is 1.85. The van der Waals surface area contributed by atoms with Crippen molar-refractivity contribution in [1.82, 2.24) is 0 Å². The summed E-state index contributed by atoms with van der Waals surface area (Å²) < 4.78 is 4.92. The van der Waals surface area contributed by atoms with Crippen molar-refractivity contribution in [3.8, 4) is 0 Å². The van der Waals surface area contributed by atoms with Crippen molar-refractivity contribution in [2.45, 2.75) is 26.7 Å². The first kappa shape index (κ1) is 20.8. The summed E-state index contributed by atoms with van der Waals surface area (Å²) in [6, 6.07) is 4.99. The van der Waals surface area contributed by atoms with E-state index < -0.39 is 35.2 Å². The normalized spacial score (nSPS) is 21.7. The van der Waals surface area contributed by atoms with Gasteiger partial charge in [-0.2, -0.15) is 0 Å². The molecule has 1 amide bonds. The van der Waals surface area contributed by atoms with Gasteiger partial charge in [-0.3, -0.25) is 24.5 Å². The first-order valence-electron chi connectivity index (χ1n) is 8.53. The Kier molecular flexibility index (Phi) is 6.90.